The molecular formula is C59H44N2. The lowest BCUT2D eigenvalue weighted by atomic mass is 9.80. The Hall–Kier alpha value is -7.55. The quantitative estimate of drug-likeness (QED) is 0.127. The van der Waals surface area contributed by atoms with Gasteiger partial charge < -0.3 is 5.73 Å². The van der Waals surface area contributed by atoms with Crippen molar-refractivity contribution in [3.8, 4) is 33.4 Å². The predicted molar refractivity (Wildman–Crippen MR) is 260 cm³/mol. The summed E-state index contributed by atoms with van der Waals surface area (Å²) in [7, 11) is 0. The molecule has 0 spiro atoms. The molecule has 0 fully saturated rings. The third-order valence-electron chi connectivity index (χ3n) is 13.0. The van der Waals surface area contributed by atoms with Crippen LogP contribution >= 0.6 is 0 Å². The van der Waals surface area contributed by atoms with E-state index in [2.05, 4.69) is 190 Å². The minimum absolute atomic E-state index is 0.112. The summed E-state index contributed by atoms with van der Waals surface area (Å²) in [6, 6.07) is 72.5. The summed E-state index contributed by atoms with van der Waals surface area (Å²) in [6.45, 7) is 4.75. The number of aliphatic imine (C=N–C) groups is 1. The van der Waals surface area contributed by atoms with Gasteiger partial charge in [0.15, 0.2) is 0 Å². The van der Waals surface area contributed by atoms with Crippen molar-refractivity contribution in [3.63, 3.8) is 0 Å². The minimum Gasteiger partial charge on any atom is -0.383 e. The van der Waals surface area contributed by atoms with Crippen molar-refractivity contribution in [3.05, 3.63) is 234 Å². The first-order chi connectivity index (χ1) is 29.9. The van der Waals surface area contributed by atoms with Crippen LogP contribution in [0.4, 0.5) is 0 Å². The topological polar surface area (TPSA) is 38.4 Å². The molecule has 0 heterocycles. The van der Waals surface area contributed by atoms with E-state index < -0.39 is 0 Å². The van der Waals surface area contributed by atoms with Crippen molar-refractivity contribution in [2.75, 3.05) is 0 Å². The van der Waals surface area contributed by atoms with E-state index in [0.29, 0.717) is 12.3 Å². The van der Waals surface area contributed by atoms with E-state index in [1.54, 1.807) is 0 Å². The number of benzene rings is 10. The van der Waals surface area contributed by atoms with E-state index in [4.69, 9.17) is 10.7 Å². The fraction of sp³-hybridized carbons (Fsp3) is 0.0678. The van der Waals surface area contributed by atoms with E-state index in [1.807, 2.05) is 30.3 Å². The van der Waals surface area contributed by atoms with E-state index in [9.17, 15) is 0 Å². The molecule has 0 saturated carbocycles. The molecule has 0 unspecified atom stereocenters. The molecule has 2 heteroatoms. The Kier molecular flexibility index (Phi) is 8.75. The van der Waals surface area contributed by atoms with Gasteiger partial charge in [0.1, 0.15) is 5.84 Å². The molecule has 10 aromatic rings. The Morgan fingerprint density at radius 2 is 1.00 bits per heavy atom. The summed E-state index contributed by atoms with van der Waals surface area (Å²) in [6.07, 6.45) is 2.95. The first kappa shape index (κ1) is 36.5. The van der Waals surface area contributed by atoms with Crippen LogP contribution in [-0.2, 0) is 11.8 Å². The summed E-state index contributed by atoms with van der Waals surface area (Å²) in [5, 5.41) is 9.83. The van der Waals surface area contributed by atoms with E-state index in [0.717, 1.165) is 22.2 Å². The second-order valence-electron chi connectivity index (χ2n) is 16.8. The monoisotopic (exact) mass is 780 g/mol. The zero-order valence-electron chi connectivity index (χ0n) is 34.4. The van der Waals surface area contributed by atoms with Crippen molar-refractivity contribution < 1.29 is 0 Å². The van der Waals surface area contributed by atoms with Crippen LogP contribution in [0.15, 0.2) is 211 Å². The number of nitrogens with zero attached hydrogens (tertiary/aromatic N) is 1. The van der Waals surface area contributed by atoms with Crippen LogP contribution in [0.25, 0.3) is 82.2 Å². The Morgan fingerprint density at radius 1 is 0.459 bits per heavy atom. The van der Waals surface area contributed by atoms with Crippen molar-refractivity contribution >= 4 is 54.6 Å². The second-order valence-corrected chi connectivity index (χ2v) is 16.8. The van der Waals surface area contributed by atoms with Crippen LogP contribution < -0.4 is 5.73 Å². The van der Waals surface area contributed by atoms with Crippen LogP contribution in [0, 0.1) is 0 Å². The molecule has 0 saturated heterocycles. The lowest BCUT2D eigenvalue weighted by Gasteiger charge is -2.22. The molecule has 0 amide bonds. The number of allylic oxidation sites excluding steroid dienone is 1. The molecule has 10 aromatic carbocycles. The van der Waals surface area contributed by atoms with E-state index in [-0.39, 0.29) is 5.41 Å². The molecule has 0 aliphatic heterocycles. The lowest BCUT2D eigenvalue weighted by Crippen LogP contribution is -2.15. The van der Waals surface area contributed by atoms with Gasteiger partial charge in [0.25, 0.3) is 0 Å². The van der Waals surface area contributed by atoms with Gasteiger partial charge in [-0.1, -0.05) is 202 Å². The Bertz CT molecular complexity index is 3420. The number of fused-ring (bicyclic) bond motifs is 7. The SMILES string of the molecule is CC1(C)c2cc(-c3ccc(-c4ccc(/C(=C/Cc5cccc6ccccc56)N=C(N)c5ccccc5)c5ccccc45)c4ccccc34)ccc2-c2cc3ccccc3cc21. The highest BCUT2D eigenvalue weighted by Gasteiger charge is 2.36. The number of rotatable bonds is 7. The average molecular weight is 781 g/mol. The van der Waals surface area contributed by atoms with Crippen LogP contribution in [0.5, 0.6) is 0 Å². The van der Waals surface area contributed by atoms with E-state index in [1.165, 1.54) is 87.8 Å². The molecule has 2 N–H and O–H groups in total. The van der Waals surface area contributed by atoms with Gasteiger partial charge in [0, 0.05) is 16.5 Å². The Balaban J connectivity index is 1.03. The molecule has 2 nitrogen and oxygen atoms in total. The molecule has 0 bridgehead atoms. The molecule has 11 rings (SSSR count). The van der Waals surface area contributed by atoms with Gasteiger partial charge >= 0.3 is 0 Å². The van der Waals surface area contributed by atoms with Crippen molar-refractivity contribution in [2.24, 2.45) is 10.7 Å². The zero-order chi connectivity index (χ0) is 41.1. The minimum atomic E-state index is -0.112. The normalized spacial score (nSPS) is 13.5. The van der Waals surface area contributed by atoms with Crippen LogP contribution in [0.2, 0.25) is 0 Å². The highest BCUT2D eigenvalue weighted by molar-refractivity contribution is 6.12. The molecule has 1 aliphatic rings. The number of hydrogen-bond acceptors (Lipinski definition) is 1. The van der Waals surface area contributed by atoms with E-state index >= 15 is 0 Å². The van der Waals surface area contributed by atoms with Crippen LogP contribution in [0.1, 0.15) is 41.7 Å². The maximum absolute atomic E-state index is 6.78. The molecule has 290 valence electrons. The maximum Gasteiger partial charge on any atom is 0.131 e. The number of nitrogens with two attached hydrogens (primary N) is 1. The van der Waals surface area contributed by atoms with Crippen LogP contribution in [-0.4, -0.2) is 5.84 Å². The second kappa shape index (κ2) is 14.6. The molecule has 1 aliphatic carbocycles. The standard InChI is InChI=1S/C59H44N2/c1-59(2)55-37-43(27-29-52(55)54-35-41-18-6-7-19-42(41)36-56(54)59)45-30-31-50(47-24-11-10-23-46(45)47)51-32-33-53(49-26-13-12-25-48(49)51)57(61-58(60)40-16-4-3-5-17-40)34-28-39-21-14-20-38-15-8-9-22-44(38)39/h3-27,29-37H,28H2,1-2H3,(H2,60,61)/b57-34-. The number of amidine groups is 1. The Morgan fingerprint density at radius 3 is 1.75 bits per heavy atom. The van der Waals surface area contributed by atoms with Crippen molar-refractivity contribution in [1.82, 2.24) is 0 Å². The molecule has 0 radical (unpaired) electrons. The predicted octanol–water partition coefficient (Wildman–Crippen LogP) is 14.9. The lowest BCUT2D eigenvalue weighted by molar-refractivity contribution is 0.661. The molecule has 0 aromatic heterocycles. The summed E-state index contributed by atoms with van der Waals surface area (Å²) < 4.78 is 0. The largest absolute Gasteiger partial charge is 0.383 e. The molecular weight excluding hydrogens is 737 g/mol. The molecule has 0 atom stereocenters. The first-order valence-corrected chi connectivity index (χ1v) is 21.2. The third kappa shape index (κ3) is 6.22. The third-order valence-corrected chi connectivity index (χ3v) is 13.0. The zero-order valence-corrected chi connectivity index (χ0v) is 34.4. The van der Waals surface area contributed by atoms with Gasteiger partial charge in [-0.2, -0.15) is 0 Å². The fourth-order valence-corrected chi connectivity index (χ4v) is 9.83. The Labute approximate surface area is 357 Å². The smallest absolute Gasteiger partial charge is 0.131 e. The van der Waals surface area contributed by atoms with Gasteiger partial charge in [-0.25, -0.2) is 4.99 Å². The van der Waals surface area contributed by atoms with Gasteiger partial charge in [0.05, 0.1) is 5.70 Å². The number of hydrogen-bond donors (Lipinski definition) is 1. The summed E-state index contributed by atoms with van der Waals surface area (Å²) in [5.41, 5.74) is 21.1. The highest BCUT2D eigenvalue weighted by atomic mass is 14.9. The van der Waals surface area contributed by atoms with Crippen molar-refractivity contribution in [2.45, 2.75) is 25.7 Å². The first-order valence-electron chi connectivity index (χ1n) is 21.2. The summed E-state index contributed by atoms with van der Waals surface area (Å²) >= 11 is 0. The summed E-state index contributed by atoms with van der Waals surface area (Å²) in [5.74, 6) is 0.492. The molecule has 61 heavy (non-hydrogen) atoms. The van der Waals surface area contributed by atoms with Gasteiger partial charge in [-0.3, -0.25) is 0 Å². The van der Waals surface area contributed by atoms with Crippen LogP contribution in [0.3, 0.4) is 0 Å². The van der Waals surface area contributed by atoms with Gasteiger partial charge in [-0.15, -0.1) is 0 Å². The highest BCUT2D eigenvalue weighted by Crippen LogP contribution is 2.51. The maximum atomic E-state index is 6.78. The van der Waals surface area contributed by atoms with Gasteiger partial charge in [0.2, 0.25) is 0 Å². The van der Waals surface area contributed by atoms with Gasteiger partial charge in [-0.05, 0) is 118 Å². The summed E-state index contributed by atoms with van der Waals surface area (Å²) in [4.78, 5) is 5.18. The fourth-order valence-electron chi connectivity index (χ4n) is 9.83. The average Bonchev–Trinajstić information content (AvgIpc) is 3.53. The van der Waals surface area contributed by atoms with Crippen molar-refractivity contribution in [1.29, 1.82) is 0 Å².